The average molecular weight is 494 g/mol. The van der Waals surface area contributed by atoms with Crippen molar-refractivity contribution in [1.82, 2.24) is 14.5 Å². The number of carbonyl (C=O) groups is 1. The number of aromatic nitrogens is 2. The van der Waals surface area contributed by atoms with Crippen LogP contribution in [-0.2, 0) is 26.9 Å². The second-order valence-electron chi connectivity index (χ2n) is 9.56. The number of nitrogens with zero attached hydrogens (tertiary/aromatic N) is 3. The van der Waals surface area contributed by atoms with Gasteiger partial charge in [0.15, 0.2) is 0 Å². The van der Waals surface area contributed by atoms with Crippen LogP contribution in [0, 0.1) is 6.92 Å². The largest absolute Gasteiger partial charge is 0.376 e. The molecule has 2 aromatic carbocycles. The average Bonchev–Trinajstić information content (AvgIpc) is 3.37. The molecule has 1 aliphatic heterocycles. The van der Waals surface area contributed by atoms with Crippen molar-refractivity contribution in [2.45, 2.75) is 62.2 Å². The minimum absolute atomic E-state index is 0.0111. The third-order valence-corrected chi connectivity index (χ3v) is 8.19. The number of hydrogen-bond donors (Lipinski definition) is 0. The number of rotatable bonds is 9. The maximum atomic E-state index is 13.5. The molecule has 1 saturated heterocycles. The molecule has 3 aromatic rings. The van der Waals surface area contributed by atoms with Crippen molar-refractivity contribution in [2.24, 2.45) is 0 Å². The van der Waals surface area contributed by atoms with E-state index in [0.29, 0.717) is 18.7 Å². The molecule has 2 fully saturated rings. The highest BCUT2D eigenvalue weighted by molar-refractivity contribution is 7.90. The van der Waals surface area contributed by atoms with Crippen molar-refractivity contribution in [3.63, 3.8) is 0 Å². The van der Waals surface area contributed by atoms with E-state index in [1.54, 1.807) is 11.1 Å². The zero-order chi connectivity index (χ0) is 24.4. The number of sulfone groups is 1. The molecule has 1 aromatic heterocycles. The molecule has 7 nitrogen and oxygen atoms in total. The van der Waals surface area contributed by atoms with Crippen LogP contribution in [0.5, 0.6) is 0 Å². The van der Waals surface area contributed by atoms with Gasteiger partial charge in [-0.3, -0.25) is 4.79 Å². The van der Waals surface area contributed by atoms with Gasteiger partial charge < -0.3 is 14.2 Å². The molecular formula is C27H31N3O4S. The Labute approximate surface area is 206 Å². The summed E-state index contributed by atoms with van der Waals surface area (Å²) in [4.78, 5) is 19.7. The summed E-state index contributed by atoms with van der Waals surface area (Å²) in [5, 5.41) is 0.0960. The van der Waals surface area contributed by atoms with Crippen molar-refractivity contribution < 1.29 is 17.9 Å². The molecule has 5 rings (SSSR count). The molecule has 1 saturated carbocycles. The predicted octanol–water partition coefficient (Wildman–Crippen LogP) is 4.32. The van der Waals surface area contributed by atoms with Crippen LogP contribution in [0.2, 0.25) is 0 Å². The number of carbonyl (C=O) groups excluding carboxylic acids is 1. The van der Waals surface area contributed by atoms with Crippen LogP contribution < -0.4 is 0 Å². The van der Waals surface area contributed by atoms with E-state index in [9.17, 15) is 13.2 Å². The zero-order valence-corrected chi connectivity index (χ0v) is 20.8. The van der Waals surface area contributed by atoms with Gasteiger partial charge in [0, 0.05) is 24.8 Å². The van der Waals surface area contributed by atoms with Crippen molar-refractivity contribution in [3.8, 4) is 0 Å². The fourth-order valence-corrected chi connectivity index (χ4v) is 6.17. The van der Waals surface area contributed by atoms with Crippen LogP contribution in [0.15, 0.2) is 66.0 Å². The summed E-state index contributed by atoms with van der Waals surface area (Å²) < 4.78 is 34.4. The number of amides is 1. The number of benzene rings is 2. The van der Waals surface area contributed by atoms with Gasteiger partial charge >= 0.3 is 0 Å². The Morgan fingerprint density at radius 2 is 1.83 bits per heavy atom. The number of imidazole rings is 1. The van der Waals surface area contributed by atoms with E-state index in [2.05, 4.69) is 4.98 Å². The van der Waals surface area contributed by atoms with Gasteiger partial charge in [-0.25, -0.2) is 13.4 Å². The van der Waals surface area contributed by atoms with E-state index in [4.69, 9.17) is 4.74 Å². The second-order valence-corrected chi connectivity index (χ2v) is 11.4. The van der Waals surface area contributed by atoms with E-state index < -0.39 is 9.84 Å². The highest BCUT2D eigenvalue weighted by Crippen LogP contribution is 2.39. The third-order valence-electron chi connectivity index (χ3n) is 6.62. The fraction of sp³-hybridized carbons (Fsp3) is 0.407. The minimum atomic E-state index is -3.64. The van der Waals surface area contributed by atoms with E-state index >= 15 is 0 Å². The van der Waals surface area contributed by atoms with Gasteiger partial charge in [0.05, 0.1) is 30.3 Å². The normalized spacial score (nSPS) is 18.0. The summed E-state index contributed by atoms with van der Waals surface area (Å²) >= 11 is 0. The summed E-state index contributed by atoms with van der Waals surface area (Å²) in [7, 11) is -3.64. The lowest BCUT2D eigenvalue weighted by atomic mass is 10.1. The molecule has 0 radical (unpaired) electrons. The number of aryl methyl sites for hydroxylation is 1. The van der Waals surface area contributed by atoms with Gasteiger partial charge in [-0.05, 0) is 50.3 Å². The van der Waals surface area contributed by atoms with E-state index in [1.165, 1.54) is 0 Å². The summed E-state index contributed by atoms with van der Waals surface area (Å²) in [6.45, 7) is 3.45. The molecule has 1 unspecified atom stereocenters. The van der Waals surface area contributed by atoms with E-state index in [-0.39, 0.29) is 35.5 Å². The fourth-order valence-electron chi connectivity index (χ4n) is 4.63. The Bertz CT molecular complexity index is 1280. The Morgan fingerprint density at radius 1 is 1.09 bits per heavy atom. The Morgan fingerprint density at radius 3 is 2.49 bits per heavy atom. The van der Waals surface area contributed by atoms with Gasteiger partial charge in [-0.2, -0.15) is 0 Å². The number of hydrogen-bond acceptors (Lipinski definition) is 5. The first-order valence-corrected chi connectivity index (χ1v) is 13.9. The monoisotopic (exact) mass is 493 g/mol. The summed E-state index contributed by atoms with van der Waals surface area (Å²) in [6, 6.07) is 16.8. The lowest BCUT2D eigenvalue weighted by Crippen LogP contribution is -2.37. The summed E-state index contributed by atoms with van der Waals surface area (Å²) in [5.74, 6) is -0.184. The van der Waals surface area contributed by atoms with Crippen LogP contribution >= 0.6 is 0 Å². The first-order chi connectivity index (χ1) is 16.9. The molecule has 1 aliphatic carbocycles. The highest BCUT2D eigenvalue weighted by atomic mass is 32.2. The first kappa shape index (κ1) is 23.8. The van der Waals surface area contributed by atoms with Gasteiger partial charge in [0.1, 0.15) is 0 Å². The third kappa shape index (κ3) is 5.49. The molecular weight excluding hydrogens is 462 g/mol. The van der Waals surface area contributed by atoms with Crippen LogP contribution in [0.3, 0.4) is 0 Å². The topological polar surface area (TPSA) is 81.5 Å². The molecule has 1 atom stereocenters. The predicted molar refractivity (Wildman–Crippen MR) is 133 cm³/mol. The van der Waals surface area contributed by atoms with Gasteiger partial charge in [0.2, 0.25) is 15.0 Å². The minimum Gasteiger partial charge on any atom is -0.376 e. The Kier molecular flexibility index (Phi) is 6.75. The van der Waals surface area contributed by atoms with Crippen molar-refractivity contribution in [3.05, 3.63) is 83.2 Å². The molecule has 0 N–H and O–H groups in total. The van der Waals surface area contributed by atoms with Crippen LogP contribution in [0.1, 0.15) is 58.9 Å². The van der Waals surface area contributed by atoms with E-state index in [1.807, 2.05) is 66.1 Å². The van der Waals surface area contributed by atoms with Crippen LogP contribution in [0.25, 0.3) is 0 Å². The molecule has 2 heterocycles. The SMILES string of the molecule is Cc1ccc(C(=O)N(Cc2cnc(S(=O)(=O)Cc3ccccc3)n2C2CC2)CC2CCCO2)cc1. The highest BCUT2D eigenvalue weighted by Gasteiger charge is 2.34. The van der Waals surface area contributed by atoms with Crippen LogP contribution in [-0.4, -0.2) is 48.0 Å². The van der Waals surface area contributed by atoms with Crippen molar-refractivity contribution in [2.75, 3.05) is 13.2 Å². The molecule has 35 heavy (non-hydrogen) atoms. The van der Waals surface area contributed by atoms with E-state index in [0.717, 1.165) is 42.5 Å². The summed E-state index contributed by atoms with van der Waals surface area (Å²) in [5.41, 5.74) is 3.18. The Hall–Kier alpha value is -2.97. The second kappa shape index (κ2) is 9.95. The molecule has 184 valence electrons. The van der Waals surface area contributed by atoms with Gasteiger partial charge in [-0.1, -0.05) is 48.0 Å². The van der Waals surface area contributed by atoms with Gasteiger partial charge in [-0.15, -0.1) is 0 Å². The smallest absolute Gasteiger partial charge is 0.254 e. The standard InChI is InChI=1S/C27H31N3O4S/c1-20-9-11-22(12-10-20)26(31)29(18-25-8-5-15-34-25)17-24-16-28-27(30(24)23-13-14-23)35(32,33)19-21-6-3-2-4-7-21/h2-4,6-7,9-12,16,23,25H,5,8,13-15,17-19H2,1H3. The quantitative estimate of drug-likeness (QED) is 0.443. The molecule has 8 heteroatoms. The summed E-state index contributed by atoms with van der Waals surface area (Å²) in [6.07, 6.45) is 5.34. The van der Waals surface area contributed by atoms with Crippen molar-refractivity contribution in [1.29, 1.82) is 0 Å². The van der Waals surface area contributed by atoms with Gasteiger partial charge in [0.25, 0.3) is 5.91 Å². The van der Waals surface area contributed by atoms with Crippen molar-refractivity contribution >= 4 is 15.7 Å². The number of ether oxygens (including phenoxy) is 1. The maximum Gasteiger partial charge on any atom is 0.254 e. The zero-order valence-electron chi connectivity index (χ0n) is 20.0. The first-order valence-electron chi connectivity index (χ1n) is 12.2. The molecule has 2 aliphatic rings. The lowest BCUT2D eigenvalue weighted by Gasteiger charge is -2.26. The molecule has 0 bridgehead atoms. The Balaban J connectivity index is 1.44. The lowest BCUT2D eigenvalue weighted by molar-refractivity contribution is 0.0501. The maximum absolute atomic E-state index is 13.5. The molecule has 0 spiro atoms. The van der Waals surface area contributed by atoms with Crippen LogP contribution in [0.4, 0.5) is 0 Å². The molecule has 1 amide bonds.